The van der Waals surface area contributed by atoms with Crippen LogP contribution in [0.5, 0.6) is 0 Å². The second-order valence-electron chi connectivity index (χ2n) is 5.61. The maximum atomic E-state index is 11.3. The van der Waals surface area contributed by atoms with Gasteiger partial charge in [0.25, 0.3) is 0 Å². The Morgan fingerprint density at radius 2 is 2.10 bits per heavy atom. The maximum Gasteiger partial charge on any atom is 0.356 e. The molecule has 0 unspecified atom stereocenters. The van der Waals surface area contributed by atoms with Crippen LogP contribution in [0, 0.1) is 0 Å². The van der Waals surface area contributed by atoms with Gasteiger partial charge in [0.2, 0.25) is 0 Å². The van der Waals surface area contributed by atoms with Gasteiger partial charge in [-0.15, -0.1) is 11.3 Å². The van der Waals surface area contributed by atoms with E-state index >= 15 is 0 Å². The molecule has 0 amide bonds. The fraction of sp³-hybridized carbons (Fsp3) is 0.400. The van der Waals surface area contributed by atoms with Crippen LogP contribution >= 0.6 is 11.3 Å². The Hall–Kier alpha value is -1.75. The topological polar surface area (TPSA) is 52.1 Å². The van der Waals surface area contributed by atoms with Crippen molar-refractivity contribution >= 4 is 17.3 Å². The van der Waals surface area contributed by atoms with Gasteiger partial charge in [-0.3, -0.25) is 0 Å². The third kappa shape index (κ3) is 3.42. The predicted octanol–water partition coefficient (Wildman–Crippen LogP) is 3.21. The number of pyridine rings is 1. The number of esters is 1. The minimum absolute atomic E-state index is 0.0793. The summed E-state index contributed by atoms with van der Waals surface area (Å²) in [6, 6.07) is 3.56. The summed E-state index contributed by atoms with van der Waals surface area (Å²) in [7, 11) is 1.35. The molecule has 2 aromatic heterocycles. The van der Waals surface area contributed by atoms with Crippen molar-refractivity contribution in [3.05, 3.63) is 45.7 Å². The third-order valence-corrected chi connectivity index (χ3v) is 4.11. The molecule has 20 heavy (non-hydrogen) atoms. The Labute approximate surface area is 122 Å². The Morgan fingerprint density at radius 1 is 1.35 bits per heavy atom. The first-order valence-corrected chi connectivity index (χ1v) is 7.26. The van der Waals surface area contributed by atoms with Crippen LogP contribution in [0.2, 0.25) is 0 Å². The van der Waals surface area contributed by atoms with Gasteiger partial charge < -0.3 is 4.74 Å². The van der Waals surface area contributed by atoms with Crippen molar-refractivity contribution in [2.24, 2.45) is 0 Å². The van der Waals surface area contributed by atoms with Gasteiger partial charge in [0, 0.05) is 23.4 Å². The average Bonchev–Trinajstić information content (AvgIpc) is 2.87. The number of thiazole rings is 1. The van der Waals surface area contributed by atoms with Crippen molar-refractivity contribution in [1.82, 2.24) is 9.97 Å². The van der Waals surface area contributed by atoms with Gasteiger partial charge in [-0.05, 0) is 11.6 Å². The number of aromatic nitrogens is 2. The summed E-state index contributed by atoms with van der Waals surface area (Å²) in [6.07, 6.45) is 2.42. The molecule has 5 heteroatoms. The normalized spacial score (nSPS) is 11.4. The molecule has 2 heterocycles. The van der Waals surface area contributed by atoms with Crippen molar-refractivity contribution in [3.63, 3.8) is 0 Å². The van der Waals surface area contributed by atoms with Crippen LogP contribution in [-0.2, 0) is 16.6 Å². The van der Waals surface area contributed by atoms with Gasteiger partial charge >= 0.3 is 5.97 Å². The molecule has 0 saturated carbocycles. The van der Waals surface area contributed by atoms with Crippen LogP contribution in [-0.4, -0.2) is 23.0 Å². The lowest BCUT2D eigenvalue weighted by Crippen LogP contribution is -2.10. The molecule has 2 rings (SSSR count). The summed E-state index contributed by atoms with van der Waals surface area (Å²) in [5.41, 5.74) is 2.47. The second kappa shape index (κ2) is 5.71. The fourth-order valence-electron chi connectivity index (χ4n) is 1.70. The number of ether oxygens (including phenoxy) is 1. The van der Waals surface area contributed by atoms with E-state index in [4.69, 9.17) is 0 Å². The van der Waals surface area contributed by atoms with Crippen LogP contribution in [0.4, 0.5) is 0 Å². The fourth-order valence-corrected chi connectivity index (χ4v) is 2.60. The minimum Gasteiger partial charge on any atom is -0.464 e. The van der Waals surface area contributed by atoms with Gasteiger partial charge in [0.05, 0.1) is 17.8 Å². The molecule has 0 atom stereocenters. The molecule has 0 radical (unpaired) electrons. The summed E-state index contributed by atoms with van der Waals surface area (Å²) >= 11 is 1.68. The van der Waals surface area contributed by atoms with E-state index in [1.54, 1.807) is 23.6 Å². The molecule has 4 nitrogen and oxygen atoms in total. The van der Waals surface area contributed by atoms with E-state index in [-0.39, 0.29) is 5.41 Å². The van der Waals surface area contributed by atoms with Crippen molar-refractivity contribution in [2.75, 3.05) is 7.11 Å². The average molecular weight is 290 g/mol. The Kier molecular flexibility index (Phi) is 4.18. The second-order valence-corrected chi connectivity index (χ2v) is 6.47. The van der Waals surface area contributed by atoms with E-state index in [0.717, 1.165) is 22.7 Å². The van der Waals surface area contributed by atoms with E-state index in [1.807, 2.05) is 6.07 Å². The summed E-state index contributed by atoms with van der Waals surface area (Å²) in [4.78, 5) is 20.1. The Bertz CT molecular complexity index is 597. The van der Waals surface area contributed by atoms with Gasteiger partial charge in [0.1, 0.15) is 5.69 Å². The highest BCUT2D eigenvalue weighted by Gasteiger charge is 2.18. The number of hydrogen-bond donors (Lipinski definition) is 0. The van der Waals surface area contributed by atoms with E-state index < -0.39 is 5.97 Å². The highest BCUT2D eigenvalue weighted by atomic mass is 32.1. The smallest absolute Gasteiger partial charge is 0.356 e. The highest BCUT2D eigenvalue weighted by Crippen LogP contribution is 2.26. The molecule has 0 fully saturated rings. The molecule has 0 bridgehead atoms. The van der Waals surface area contributed by atoms with Crippen molar-refractivity contribution < 1.29 is 9.53 Å². The molecule has 106 valence electrons. The van der Waals surface area contributed by atoms with Crippen molar-refractivity contribution in [2.45, 2.75) is 32.6 Å². The Balaban J connectivity index is 2.10. The highest BCUT2D eigenvalue weighted by molar-refractivity contribution is 7.09. The SMILES string of the molecule is COC(=O)c1ccc(Cc2csc(C(C)(C)C)n2)cn1. The van der Waals surface area contributed by atoms with Gasteiger partial charge in [0.15, 0.2) is 0 Å². The quantitative estimate of drug-likeness (QED) is 0.814. The first kappa shape index (κ1) is 14.7. The zero-order chi connectivity index (χ0) is 14.8. The van der Waals surface area contributed by atoms with E-state index in [1.165, 1.54) is 7.11 Å². The molecule has 0 aliphatic carbocycles. The minimum atomic E-state index is -0.416. The molecule has 0 N–H and O–H groups in total. The number of rotatable bonds is 3. The van der Waals surface area contributed by atoms with Crippen molar-refractivity contribution in [3.8, 4) is 0 Å². The van der Waals surface area contributed by atoms with E-state index in [0.29, 0.717) is 5.69 Å². The molecular formula is C15H18N2O2S. The Morgan fingerprint density at radius 3 is 2.60 bits per heavy atom. The first-order chi connectivity index (χ1) is 9.40. The number of carbonyl (C=O) groups is 1. The third-order valence-electron chi connectivity index (χ3n) is 2.80. The molecule has 0 saturated heterocycles. The lowest BCUT2D eigenvalue weighted by Gasteiger charge is -2.13. The molecule has 0 spiro atoms. The summed E-state index contributed by atoms with van der Waals surface area (Å²) in [5, 5.41) is 3.21. The molecule has 0 aliphatic heterocycles. The van der Waals surface area contributed by atoms with Crippen LogP contribution in [0.15, 0.2) is 23.7 Å². The zero-order valence-corrected chi connectivity index (χ0v) is 13.0. The standard InChI is InChI=1S/C15H18N2O2S/c1-15(2,3)14-17-11(9-20-14)7-10-5-6-12(16-8-10)13(18)19-4/h5-6,8-9H,7H2,1-4H3. The molecular weight excluding hydrogens is 272 g/mol. The van der Waals surface area contributed by atoms with Crippen LogP contribution in [0.25, 0.3) is 0 Å². The maximum absolute atomic E-state index is 11.3. The lowest BCUT2D eigenvalue weighted by atomic mass is 9.98. The zero-order valence-electron chi connectivity index (χ0n) is 12.1. The van der Waals surface area contributed by atoms with Crippen LogP contribution < -0.4 is 0 Å². The number of nitrogens with zero attached hydrogens (tertiary/aromatic N) is 2. The first-order valence-electron chi connectivity index (χ1n) is 6.38. The summed E-state index contributed by atoms with van der Waals surface area (Å²) < 4.78 is 4.62. The number of hydrogen-bond acceptors (Lipinski definition) is 5. The summed E-state index contributed by atoms with van der Waals surface area (Å²) in [5.74, 6) is -0.416. The largest absolute Gasteiger partial charge is 0.464 e. The van der Waals surface area contributed by atoms with Crippen molar-refractivity contribution in [1.29, 1.82) is 0 Å². The number of methoxy groups -OCH3 is 1. The van der Waals surface area contributed by atoms with E-state index in [9.17, 15) is 4.79 Å². The summed E-state index contributed by atoms with van der Waals surface area (Å²) in [6.45, 7) is 6.47. The van der Waals surface area contributed by atoms with E-state index in [2.05, 4.69) is 40.9 Å². The van der Waals surface area contributed by atoms with Gasteiger partial charge in [-0.2, -0.15) is 0 Å². The van der Waals surface area contributed by atoms with Crippen LogP contribution in [0.3, 0.4) is 0 Å². The van der Waals surface area contributed by atoms with Crippen LogP contribution in [0.1, 0.15) is 47.5 Å². The molecule has 2 aromatic rings. The van der Waals surface area contributed by atoms with Gasteiger partial charge in [-0.1, -0.05) is 26.8 Å². The predicted molar refractivity (Wildman–Crippen MR) is 79.2 cm³/mol. The molecule has 0 aromatic carbocycles. The molecule has 0 aliphatic rings. The lowest BCUT2D eigenvalue weighted by molar-refractivity contribution is 0.0594. The monoisotopic (exact) mass is 290 g/mol. The van der Waals surface area contributed by atoms with Gasteiger partial charge in [-0.25, -0.2) is 14.8 Å². The number of carbonyl (C=O) groups excluding carboxylic acids is 1.